The third kappa shape index (κ3) is 7.69. The third-order valence-electron chi connectivity index (χ3n) is 5.35. The SMILES string of the molecule is CCCN(CC(=O)NC1C=CC(C#Cc2ccc(NC)cc2)=CC1)C(=O)Cc1ccccc1. The van der Waals surface area contributed by atoms with Crippen LogP contribution >= 0.6 is 0 Å². The Morgan fingerprint density at radius 3 is 2.45 bits per heavy atom. The lowest BCUT2D eigenvalue weighted by Crippen LogP contribution is -2.44. The number of hydrogen-bond donors (Lipinski definition) is 2. The Kier molecular flexibility index (Phi) is 8.90. The van der Waals surface area contributed by atoms with Crippen LogP contribution in [0.1, 0.15) is 30.9 Å². The largest absolute Gasteiger partial charge is 0.388 e. The van der Waals surface area contributed by atoms with Crippen molar-refractivity contribution in [1.29, 1.82) is 0 Å². The van der Waals surface area contributed by atoms with E-state index in [0.29, 0.717) is 19.4 Å². The summed E-state index contributed by atoms with van der Waals surface area (Å²) in [5.74, 6) is 6.16. The van der Waals surface area contributed by atoms with E-state index < -0.39 is 0 Å². The molecule has 0 fully saturated rings. The number of benzene rings is 2. The number of allylic oxidation sites excluding steroid dienone is 2. The maximum Gasteiger partial charge on any atom is 0.240 e. The van der Waals surface area contributed by atoms with Gasteiger partial charge in [-0.2, -0.15) is 0 Å². The number of amides is 2. The zero-order chi connectivity index (χ0) is 23.5. The van der Waals surface area contributed by atoms with E-state index >= 15 is 0 Å². The second-order valence-electron chi connectivity index (χ2n) is 7.98. The molecule has 0 saturated carbocycles. The standard InChI is InChI=1S/C28H31N3O2/c1-3-19-31(28(33)20-24-7-5-4-6-8-24)21-27(32)30-26-17-13-23(14-18-26)10-9-22-11-15-25(29-2)16-12-22/h4-8,11-17,26,29H,3,18-21H2,1-2H3,(H,30,32). The molecule has 0 heterocycles. The number of carbonyl (C=O) groups excluding carboxylic acids is 2. The molecular weight excluding hydrogens is 410 g/mol. The highest BCUT2D eigenvalue weighted by Crippen LogP contribution is 2.12. The van der Waals surface area contributed by atoms with Crippen molar-refractivity contribution in [2.24, 2.45) is 0 Å². The van der Waals surface area contributed by atoms with Crippen LogP contribution in [0, 0.1) is 11.8 Å². The first-order valence-corrected chi connectivity index (χ1v) is 11.4. The summed E-state index contributed by atoms with van der Waals surface area (Å²) in [6.07, 6.45) is 7.72. The molecule has 2 N–H and O–H groups in total. The lowest BCUT2D eigenvalue weighted by molar-refractivity contribution is -0.135. The summed E-state index contributed by atoms with van der Waals surface area (Å²) in [4.78, 5) is 26.9. The van der Waals surface area contributed by atoms with E-state index in [1.165, 1.54) is 0 Å². The molecular formula is C28H31N3O2. The molecule has 5 nitrogen and oxygen atoms in total. The van der Waals surface area contributed by atoms with Crippen molar-refractivity contribution in [2.45, 2.75) is 32.2 Å². The van der Waals surface area contributed by atoms with Gasteiger partial charge < -0.3 is 15.5 Å². The van der Waals surface area contributed by atoms with E-state index in [-0.39, 0.29) is 24.4 Å². The van der Waals surface area contributed by atoms with Crippen molar-refractivity contribution in [3.63, 3.8) is 0 Å². The van der Waals surface area contributed by atoms with Crippen molar-refractivity contribution >= 4 is 17.5 Å². The van der Waals surface area contributed by atoms with Crippen LogP contribution in [0.2, 0.25) is 0 Å². The van der Waals surface area contributed by atoms with E-state index in [2.05, 4.69) is 22.5 Å². The van der Waals surface area contributed by atoms with Crippen molar-refractivity contribution in [1.82, 2.24) is 10.2 Å². The summed E-state index contributed by atoms with van der Waals surface area (Å²) in [6, 6.07) is 17.5. The maximum atomic E-state index is 12.7. The Morgan fingerprint density at radius 1 is 1.06 bits per heavy atom. The van der Waals surface area contributed by atoms with Crippen LogP contribution in [0.15, 0.2) is 78.4 Å². The molecule has 1 aliphatic rings. The molecule has 3 rings (SSSR count). The predicted octanol–water partition coefficient (Wildman–Crippen LogP) is 3.93. The van der Waals surface area contributed by atoms with Gasteiger partial charge in [0.25, 0.3) is 0 Å². The zero-order valence-corrected chi connectivity index (χ0v) is 19.3. The molecule has 0 saturated heterocycles. The smallest absolute Gasteiger partial charge is 0.240 e. The van der Waals surface area contributed by atoms with Gasteiger partial charge >= 0.3 is 0 Å². The second-order valence-corrected chi connectivity index (χ2v) is 7.98. The Bertz CT molecular complexity index is 1060. The molecule has 2 amide bonds. The fourth-order valence-corrected chi connectivity index (χ4v) is 3.55. The van der Waals surface area contributed by atoms with Gasteiger partial charge in [0.05, 0.1) is 19.0 Å². The van der Waals surface area contributed by atoms with Gasteiger partial charge in [0.2, 0.25) is 11.8 Å². The van der Waals surface area contributed by atoms with Gasteiger partial charge in [0, 0.05) is 30.4 Å². The van der Waals surface area contributed by atoms with Crippen LogP contribution < -0.4 is 10.6 Å². The maximum absolute atomic E-state index is 12.7. The first-order chi connectivity index (χ1) is 16.1. The van der Waals surface area contributed by atoms with Gasteiger partial charge in [-0.1, -0.05) is 61.2 Å². The first-order valence-electron chi connectivity index (χ1n) is 11.4. The third-order valence-corrected chi connectivity index (χ3v) is 5.35. The first kappa shape index (κ1) is 23.9. The highest BCUT2D eigenvalue weighted by molar-refractivity contribution is 5.86. The summed E-state index contributed by atoms with van der Waals surface area (Å²) < 4.78 is 0. The van der Waals surface area contributed by atoms with E-state index in [1.807, 2.05) is 86.8 Å². The molecule has 1 unspecified atom stereocenters. The summed E-state index contributed by atoms with van der Waals surface area (Å²) >= 11 is 0. The minimum absolute atomic E-state index is 0.0300. The van der Waals surface area contributed by atoms with Crippen LogP contribution in [0.4, 0.5) is 5.69 Å². The Balaban J connectivity index is 1.50. The molecule has 0 bridgehead atoms. The summed E-state index contributed by atoms with van der Waals surface area (Å²) in [6.45, 7) is 2.64. The van der Waals surface area contributed by atoms with E-state index in [0.717, 1.165) is 28.8 Å². The minimum Gasteiger partial charge on any atom is -0.388 e. The van der Waals surface area contributed by atoms with Crippen LogP contribution in [0.5, 0.6) is 0 Å². The van der Waals surface area contributed by atoms with Gasteiger partial charge in [-0.05, 0) is 48.7 Å². The van der Waals surface area contributed by atoms with Crippen LogP contribution in [-0.2, 0) is 16.0 Å². The Morgan fingerprint density at radius 2 is 1.82 bits per heavy atom. The summed E-state index contributed by atoms with van der Waals surface area (Å²) in [5.41, 5.74) is 3.89. The Hall–Kier alpha value is -3.78. The molecule has 0 spiro atoms. The van der Waals surface area contributed by atoms with Crippen molar-refractivity contribution in [3.05, 3.63) is 89.5 Å². The number of nitrogens with zero attached hydrogens (tertiary/aromatic N) is 1. The predicted molar refractivity (Wildman–Crippen MR) is 134 cm³/mol. The molecule has 1 aliphatic carbocycles. The molecule has 5 heteroatoms. The average Bonchev–Trinajstić information content (AvgIpc) is 2.84. The molecule has 0 aliphatic heterocycles. The topological polar surface area (TPSA) is 61.4 Å². The van der Waals surface area contributed by atoms with Gasteiger partial charge in [-0.25, -0.2) is 0 Å². The molecule has 0 aromatic heterocycles. The highest BCUT2D eigenvalue weighted by Gasteiger charge is 2.19. The van der Waals surface area contributed by atoms with Crippen LogP contribution in [0.3, 0.4) is 0 Å². The Labute approximate surface area is 196 Å². The van der Waals surface area contributed by atoms with Gasteiger partial charge in [-0.15, -0.1) is 0 Å². The molecule has 1 atom stereocenters. The molecule has 33 heavy (non-hydrogen) atoms. The quantitative estimate of drug-likeness (QED) is 0.610. The van der Waals surface area contributed by atoms with Gasteiger partial charge in [-0.3, -0.25) is 9.59 Å². The fraction of sp³-hybridized carbons (Fsp3) is 0.286. The number of nitrogens with one attached hydrogen (secondary N) is 2. The second kappa shape index (κ2) is 12.3. The molecule has 2 aromatic rings. The molecule has 0 radical (unpaired) electrons. The number of anilines is 1. The lowest BCUT2D eigenvalue weighted by atomic mass is 10.0. The summed E-state index contributed by atoms with van der Waals surface area (Å²) in [5, 5.41) is 6.10. The number of carbonyl (C=O) groups is 2. The van der Waals surface area contributed by atoms with E-state index in [1.54, 1.807) is 4.90 Å². The zero-order valence-electron chi connectivity index (χ0n) is 19.3. The highest BCUT2D eigenvalue weighted by atomic mass is 16.2. The van der Waals surface area contributed by atoms with Gasteiger partial charge in [0.1, 0.15) is 0 Å². The fourth-order valence-electron chi connectivity index (χ4n) is 3.55. The van der Waals surface area contributed by atoms with Crippen molar-refractivity contribution in [3.8, 4) is 11.8 Å². The number of hydrogen-bond acceptors (Lipinski definition) is 3. The lowest BCUT2D eigenvalue weighted by Gasteiger charge is -2.23. The van der Waals surface area contributed by atoms with Crippen molar-refractivity contribution < 1.29 is 9.59 Å². The summed E-state index contributed by atoms with van der Waals surface area (Å²) in [7, 11) is 1.89. The van der Waals surface area contributed by atoms with Crippen molar-refractivity contribution in [2.75, 3.05) is 25.5 Å². The molecule has 170 valence electrons. The normalized spacial score (nSPS) is 14.5. The van der Waals surface area contributed by atoms with Crippen LogP contribution in [0.25, 0.3) is 0 Å². The molecule has 2 aromatic carbocycles. The van der Waals surface area contributed by atoms with Gasteiger partial charge in [0.15, 0.2) is 0 Å². The average molecular weight is 442 g/mol. The monoisotopic (exact) mass is 441 g/mol. The van der Waals surface area contributed by atoms with E-state index in [4.69, 9.17) is 0 Å². The number of rotatable bonds is 8. The van der Waals surface area contributed by atoms with E-state index in [9.17, 15) is 9.59 Å². The van der Waals surface area contributed by atoms with Crippen LogP contribution in [-0.4, -0.2) is 42.9 Å². The minimum atomic E-state index is -0.146.